The van der Waals surface area contributed by atoms with Gasteiger partial charge in [-0.1, -0.05) is 11.6 Å². The summed E-state index contributed by atoms with van der Waals surface area (Å²) in [5.74, 6) is 1.35. The molecule has 0 unspecified atom stereocenters. The molecule has 7 heteroatoms. The van der Waals surface area contributed by atoms with Crippen LogP contribution in [0, 0.1) is 6.92 Å². The number of rotatable bonds is 4. The third kappa shape index (κ3) is 2.81. The van der Waals surface area contributed by atoms with E-state index in [1.807, 2.05) is 23.6 Å². The third-order valence-corrected chi connectivity index (χ3v) is 4.06. The molecule has 4 rings (SSSR count). The molecule has 4 aromatic rings. The Kier molecular flexibility index (Phi) is 3.82. The lowest BCUT2D eigenvalue weighted by atomic mass is 10.3. The fourth-order valence-corrected chi connectivity index (χ4v) is 2.82. The van der Waals surface area contributed by atoms with Gasteiger partial charge in [-0.15, -0.1) is 0 Å². The van der Waals surface area contributed by atoms with Crippen LogP contribution in [-0.4, -0.2) is 21.5 Å². The number of imidazole rings is 1. The lowest BCUT2D eigenvalue weighted by Crippen LogP contribution is -1.90. The fraction of sp³-hybridized carbons (Fsp3) is 0.111. The highest BCUT2D eigenvalue weighted by atomic mass is 35.5. The number of oxazole rings is 1. The van der Waals surface area contributed by atoms with Crippen LogP contribution in [0.25, 0.3) is 17.0 Å². The molecule has 0 N–H and O–H groups in total. The Balaban J connectivity index is 1.67. The van der Waals surface area contributed by atoms with Crippen LogP contribution < -0.4 is 9.47 Å². The van der Waals surface area contributed by atoms with Gasteiger partial charge in [-0.25, -0.2) is 4.98 Å². The molecular formula is C18H14ClN3O3. The van der Waals surface area contributed by atoms with Gasteiger partial charge < -0.3 is 13.9 Å². The van der Waals surface area contributed by atoms with E-state index in [2.05, 4.69) is 9.97 Å². The summed E-state index contributed by atoms with van der Waals surface area (Å²) < 4.78 is 18.1. The maximum Gasteiger partial charge on any atom is 0.399 e. The zero-order valence-electron chi connectivity index (χ0n) is 13.6. The number of nitrogens with zero attached hydrogens (tertiary/aromatic N) is 3. The molecule has 1 aromatic carbocycles. The first-order chi connectivity index (χ1) is 12.2. The minimum atomic E-state index is 0.150. The first-order valence-corrected chi connectivity index (χ1v) is 7.94. The summed E-state index contributed by atoms with van der Waals surface area (Å²) in [4.78, 5) is 8.90. The minimum absolute atomic E-state index is 0.150. The van der Waals surface area contributed by atoms with Crippen LogP contribution in [0.2, 0.25) is 5.02 Å². The molecule has 0 aliphatic carbocycles. The monoisotopic (exact) mass is 355 g/mol. The SMILES string of the molecule is COc1ccc(Oc2nc(-c3c(C)nc4c(Cl)cccn34)co2)cc1. The summed E-state index contributed by atoms with van der Waals surface area (Å²) in [6.45, 7) is 1.90. The second-order valence-corrected chi connectivity index (χ2v) is 5.78. The Bertz CT molecular complexity index is 1040. The van der Waals surface area contributed by atoms with Crippen molar-refractivity contribution in [3.63, 3.8) is 0 Å². The molecule has 0 spiro atoms. The van der Waals surface area contributed by atoms with Gasteiger partial charge in [-0.2, -0.15) is 4.98 Å². The summed E-state index contributed by atoms with van der Waals surface area (Å²) in [5.41, 5.74) is 2.91. The first kappa shape index (κ1) is 15.5. The maximum atomic E-state index is 6.20. The number of pyridine rings is 1. The van der Waals surface area contributed by atoms with Crippen LogP contribution in [-0.2, 0) is 0 Å². The molecule has 0 radical (unpaired) electrons. The third-order valence-electron chi connectivity index (χ3n) is 3.77. The van der Waals surface area contributed by atoms with Crippen molar-refractivity contribution in [1.29, 1.82) is 0 Å². The topological polar surface area (TPSA) is 61.8 Å². The van der Waals surface area contributed by atoms with Crippen molar-refractivity contribution in [3.8, 4) is 29.0 Å². The number of methoxy groups -OCH3 is 1. The summed E-state index contributed by atoms with van der Waals surface area (Å²) in [6, 6.07) is 10.8. The van der Waals surface area contributed by atoms with E-state index in [1.54, 1.807) is 37.4 Å². The number of halogens is 1. The fourth-order valence-electron chi connectivity index (χ4n) is 2.61. The lowest BCUT2D eigenvalue weighted by Gasteiger charge is -2.02. The predicted molar refractivity (Wildman–Crippen MR) is 93.5 cm³/mol. The number of fused-ring (bicyclic) bond motifs is 1. The Labute approximate surface area is 148 Å². The molecule has 126 valence electrons. The van der Waals surface area contributed by atoms with Crippen LogP contribution in [0.3, 0.4) is 0 Å². The van der Waals surface area contributed by atoms with Crippen molar-refractivity contribution in [2.75, 3.05) is 7.11 Å². The molecule has 0 atom stereocenters. The number of aryl methyl sites for hydroxylation is 1. The Morgan fingerprint density at radius 1 is 1.08 bits per heavy atom. The van der Waals surface area contributed by atoms with Gasteiger partial charge in [0.1, 0.15) is 23.5 Å². The van der Waals surface area contributed by atoms with Gasteiger partial charge in [0.15, 0.2) is 5.65 Å². The molecule has 25 heavy (non-hydrogen) atoms. The normalized spacial score (nSPS) is 11.0. The van der Waals surface area contributed by atoms with E-state index in [1.165, 1.54) is 6.26 Å². The Morgan fingerprint density at radius 3 is 2.60 bits per heavy atom. The molecule has 3 aromatic heterocycles. The highest BCUT2D eigenvalue weighted by Crippen LogP contribution is 2.30. The van der Waals surface area contributed by atoms with E-state index < -0.39 is 0 Å². The second kappa shape index (κ2) is 6.14. The number of hydrogen-bond acceptors (Lipinski definition) is 5. The molecule has 0 amide bonds. The minimum Gasteiger partial charge on any atom is -0.497 e. The molecule has 0 aliphatic heterocycles. The lowest BCUT2D eigenvalue weighted by molar-refractivity contribution is 0.330. The highest BCUT2D eigenvalue weighted by Gasteiger charge is 2.17. The van der Waals surface area contributed by atoms with E-state index in [9.17, 15) is 0 Å². The van der Waals surface area contributed by atoms with Crippen molar-refractivity contribution in [2.45, 2.75) is 6.92 Å². The first-order valence-electron chi connectivity index (χ1n) is 7.56. The van der Waals surface area contributed by atoms with E-state index in [0.29, 0.717) is 22.1 Å². The smallest absolute Gasteiger partial charge is 0.399 e. The van der Waals surface area contributed by atoms with Gasteiger partial charge in [0.25, 0.3) is 0 Å². The number of ether oxygens (including phenoxy) is 2. The van der Waals surface area contributed by atoms with Gasteiger partial charge in [-0.3, -0.25) is 4.40 Å². The van der Waals surface area contributed by atoms with Crippen LogP contribution >= 0.6 is 11.6 Å². The number of aromatic nitrogens is 3. The Hall–Kier alpha value is -2.99. The standard InChI is InChI=1S/C18H14ClN3O3/c1-11-16(22-9-3-4-14(19)17(22)20-11)15-10-24-18(21-15)25-13-7-5-12(23-2)6-8-13/h3-10H,1-2H3. The number of benzene rings is 1. The molecule has 0 fully saturated rings. The number of hydrogen-bond donors (Lipinski definition) is 0. The molecule has 0 saturated carbocycles. The van der Waals surface area contributed by atoms with Gasteiger partial charge >= 0.3 is 6.08 Å². The molecule has 0 aliphatic rings. The summed E-state index contributed by atoms with van der Waals surface area (Å²) in [7, 11) is 1.61. The van der Waals surface area contributed by atoms with Crippen molar-refractivity contribution in [2.24, 2.45) is 0 Å². The van der Waals surface area contributed by atoms with Crippen molar-refractivity contribution in [1.82, 2.24) is 14.4 Å². The highest BCUT2D eigenvalue weighted by molar-refractivity contribution is 6.33. The zero-order valence-corrected chi connectivity index (χ0v) is 14.3. The van der Waals surface area contributed by atoms with Crippen molar-refractivity contribution < 1.29 is 13.9 Å². The largest absolute Gasteiger partial charge is 0.497 e. The van der Waals surface area contributed by atoms with E-state index in [4.69, 9.17) is 25.5 Å². The van der Waals surface area contributed by atoms with Crippen LogP contribution in [0.15, 0.2) is 53.3 Å². The van der Waals surface area contributed by atoms with Crippen LogP contribution in [0.4, 0.5) is 0 Å². The predicted octanol–water partition coefficient (Wildman–Crippen LogP) is 4.75. The van der Waals surface area contributed by atoms with Gasteiger partial charge in [0.05, 0.1) is 23.5 Å². The van der Waals surface area contributed by atoms with Gasteiger partial charge in [0, 0.05) is 6.20 Å². The quantitative estimate of drug-likeness (QED) is 0.528. The molecule has 6 nitrogen and oxygen atoms in total. The van der Waals surface area contributed by atoms with Gasteiger partial charge in [0.2, 0.25) is 0 Å². The summed E-state index contributed by atoms with van der Waals surface area (Å²) in [6.07, 6.45) is 3.57. The zero-order chi connectivity index (χ0) is 17.4. The average molecular weight is 356 g/mol. The molecule has 3 heterocycles. The molecule has 0 saturated heterocycles. The summed E-state index contributed by atoms with van der Waals surface area (Å²) >= 11 is 6.20. The molecular weight excluding hydrogens is 342 g/mol. The second-order valence-electron chi connectivity index (χ2n) is 5.37. The maximum absolute atomic E-state index is 6.20. The molecule has 0 bridgehead atoms. The van der Waals surface area contributed by atoms with Crippen molar-refractivity contribution >= 4 is 17.2 Å². The van der Waals surface area contributed by atoms with Gasteiger partial charge in [-0.05, 0) is 43.3 Å². The van der Waals surface area contributed by atoms with E-state index >= 15 is 0 Å². The summed E-state index contributed by atoms with van der Waals surface area (Å²) in [5, 5.41) is 0.579. The van der Waals surface area contributed by atoms with Crippen LogP contribution in [0.1, 0.15) is 5.69 Å². The Morgan fingerprint density at radius 2 is 1.84 bits per heavy atom. The van der Waals surface area contributed by atoms with E-state index in [-0.39, 0.29) is 6.08 Å². The van der Waals surface area contributed by atoms with Crippen molar-refractivity contribution in [3.05, 3.63) is 59.6 Å². The average Bonchev–Trinajstić information content (AvgIpc) is 3.20. The van der Waals surface area contributed by atoms with E-state index in [0.717, 1.165) is 17.1 Å². The van der Waals surface area contributed by atoms with Crippen LogP contribution in [0.5, 0.6) is 17.6 Å².